The molecule has 1 saturated heterocycles. The monoisotopic (exact) mass is 460 g/mol. The highest BCUT2D eigenvalue weighted by molar-refractivity contribution is 7.99. The Morgan fingerprint density at radius 1 is 1.29 bits per heavy atom. The largest absolute Gasteiger partial charge is 0.344 e. The topological polar surface area (TPSA) is 109 Å². The van der Waals surface area contributed by atoms with E-state index in [9.17, 15) is 14.4 Å². The van der Waals surface area contributed by atoms with Crippen molar-refractivity contribution in [1.82, 2.24) is 30.5 Å². The third kappa shape index (κ3) is 3.84. The predicted molar refractivity (Wildman–Crippen MR) is 116 cm³/mol. The van der Waals surface area contributed by atoms with Gasteiger partial charge in [0.25, 0.3) is 5.91 Å². The van der Waals surface area contributed by atoms with Crippen LogP contribution in [0, 0.1) is 5.92 Å². The van der Waals surface area contributed by atoms with Crippen LogP contribution in [0.4, 0.5) is 4.79 Å². The zero-order valence-electron chi connectivity index (χ0n) is 17.2. The molecular weight excluding hydrogens is 436 g/mol. The third-order valence-electron chi connectivity index (χ3n) is 6.18. The van der Waals surface area contributed by atoms with E-state index in [1.54, 1.807) is 11.3 Å². The quantitative estimate of drug-likeness (QED) is 0.507. The Kier molecular flexibility index (Phi) is 5.25. The second-order valence-corrected chi connectivity index (χ2v) is 10.4. The number of nitrogens with one attached hydrogen (secondary N) is 2. The zero-order valence-corrected chi connectivity index (χ0v) is 18.8. The van der Waals surface area contributed by atoms with Crippen LogP contribution in [-0.4, -0.2) is 48.9 Å². The number of nitrogens with zero attached hydrogens (tertiary/aromatic N) is 4. The first-order valence-electron chi connectivity index (χ1n) is 10.5. The molecule has 0 radical (unpaired) electrons. The first kappa shape index (κ1) is 20.5. The van der Waals surface area contributed by atoms with Crippen molar-refractivity contribution in [2.75, 3.05) is 5.75 Å². The predicted octanol–water partition coefficient (Wildman–Crippen LogP) is 2.97. The van der Waals surface area contributed by atoms with Crippen LogP contribution in [0.25, 0.3) is 10.7 Å². The highest BCUT2D eigenvalue weighted by atomic mass is 32.2. The summed E-state index contributed by atoms with van der Waals surface area (Å²) >= 11 is 2.87. The van der Waals surface area contributed by atoms with Gasteiger partial charge in [-0.25, -0.2) is 4.79 Å². The van der Waals surface area contributed by atoms with Gasteiger partial charge in [-0.3, -0.25) is 19.6 Å². The van der Waals surface area contributed by atoms with E-state index in [0.717, 1.165) is 41.4 Å². The van der Waals surface area contributed by atoms with Gasteiger partial charge in [-0.05, 0) is 55.9 Å². The number of carbonyl (C=O) groups is 3. The molecule has 1 aliphatic heterocycles. The van der Waals surface area contributed by atoms with Crippen molar-refractivity contribution in [3.63, 3.8) is 0 Å². The summed E-state index contributed by atoms with van der Waals surface area (Å²) in [6, 6.07) is 3.79. The SMILES string of the molecule is CC1CCC2(CC1)NC(=O)N(NC(=O)CSc1nnc(-c3cccs3)n1C1CC1)C2=O. The summed E-state index contributed by atoms with van der Waals surface area (Å²) in [4.78, 5) is 38.9. The number of hydrazine groups is 1. The van der Waals surface area contributed by atoms with Crippen molar-refractivity contribution in [3.05, 3.63) is 17.5 Å². The number of rotatable bonds is 6. The molecule has 1 spiro atoms. The molecular formula is C20H24N6O3S2. The van der Waals surface area contributed by atoms with Gasteiger partial charge in [0.05, 0.1) is 10.6 Å². The van der Waals surface area contributed by atoms with Crippen LogP contribution in [-0.2, 0) is 9.59 Å². The molecule has 11 heteroatoms. The average molecular weight is 461 g/mol. The van der Waals surface area contributed by atoms with Crippen LogP contribution in [0.3, 0.4) is 0 Å². The Balaban J connectivity index is 1.23. The molecule has 2 aromatic rings. The molecule has 0 bridgehead atoms. The lowest BCUT2D eigenvalue weighted by molar-refractivity contribution is -0.139. The Labute approximate surface area is 187 Å². The fourth-order valence-electron chi connectivity index (χ4n) is 4.21. The van der Waals surface area contributed by atoms with Crippen LogP contribution in [0.15, 0.2) is 22.7 Å². The molecule has 2 saturated carbocycles. The average Bonchev–Trinajstić information content (AvgIpc) is 3.19. The van der Waals surface area contributed by atoms with Gasteiger partial charge < -0.3 is 5.32 Å². The molecule has 2 N–H and O–H groups in total. The Hall–Kier alpha value is -2.40. The van der Waals surface area contributed by atoms with Crippen molar-refractivity contribution >= 4 is 40.9 Å². The van der Waals surface area contributed by atoms with Gasteiger partial charge in [-0.1, -0.05) is 24.8 Å². The van der Waals surface area contributed by atoms with Gasteiger partial charge in [0, 0.05) is 6.04 Å². The number of thiophene rings is 1. The minimum Gasteiger partial charge on any atom is -0.322 e. The minimum absolute atomic E-state index is 0.0381. The molecule has 0 atom stereocenters. The number of urea groups is 1. The van der Waals surface area contributed by atoms with E-state index >= 15 is 0 Å². The smallest absolute Gasteiger partial charge is 0.322 e. The number of hydrogen-bond acceptors (Lipinski definition) is 7. The van der Waals surface area contributed by atoms with E-state index < -0.39 is 17.5 Å². The lowest BCUT2D eigenvalue weighted by Gasteiger charge is -2.33. The van der Waals surface area contributed by atoms with E-state index in [-0.39, 0.29) is 11.7 Å². The van der Waals surface area contributed by atoms with Gasteiger partial charge in [0.2, 0.25) is 5.91 Å². The molecule has 31 heavy (non-hydrogen) atoms. The maximum atomic E-state index is 12.9. The van der Waals surface area contributed by atoms with E-state index in [1.807, 2.05) is 17.5 Å². The molecule has 5 rings (SSSR count). The summed E-state index contributed by atoms with van der Waals surface area (Å²) in [6.07, 6.45) is 5.12. The second kappa shape index (κ2) is 7.94. The van der Waals surface area contributed by atoms with E-state index in [2.05, 4.69) is 32.4 Å². The van der Waals surface area contributed by atoms with E-state index in [0.29, 0.717) is 30.0 Å². The maximum absolute atomic E-state index is 12.9. The van der Waals surface area contributed by atoms with Gasteiger partial charge in [0.1, 0.15) is 5.54 Å². The van der Waals surface area contributed by atoms with Crippen LogP contribution in [0.2, 0.25) is 0 Å². The van der Waals surface area contributed by atoms with Crippen molar-refractivity contribution in [2.24, 2.45) is 5.92 Å². The molecule has 3 heterocycles. The Morgan fingerprint density at radius 3 is 2.74 bits per heavy atom. The molecule has 9 nitrogen and oxygen atoms in total. The first-order valence-corrected chi connectivity index (χ1v) is 12.4. The Bertz CT molecular complexity index is 1010. The number of carbonyl (C=O) groups excluding carboxylic acids is 3. The summed E-state index contributed by atoms with van der Waals surface area (Å²) in [5.74, 6) is 0.624. The molecule has 164 valence electrons. The highest BCUT2D eigenvalue weighted by Gasteiger charge is 2.52. The lowest BCUT2D eigenvalue weighted by Crippen LogP contribution is -2.51. The van der Waals surface area contributed by atoms with Gasteiger partial charge in [-0.15, -0.1) is 21.5 Å². The van der Waals surface area contributed by atoms with Crippen molar-refractivity contribution in [3.8, 4) is 10.7 Å². The first-order chi connectivity index (χ1) is 15.0. The normalized spacial score (nSPS) is 25.8. The summed E-state index contributed by atoms with van der Waals surface area (Å²) in [5, 5.41) is 15.0. The summed E-state index contributed by atoms with van der Waals surface area (Å²) in [7, 11) is 0. The summed E-state index contributed by atoms with van der Waals surface area (Å²) < 4.78 is 2.09. The van der Waals surface area contributed by atoms with Crippen molar-refractivity contribution in [1.29, 1.82) is 0 Å². The number of amides is 4. The number of imide groups is 1. The van der Waals surface area contributed by atoms with Crippen LogP contribution < -0.4 is 10.7 Å². The fourth-order valence-corrected chi connectivity index (χ4v) is 5.72. The molecule has 0 aromatic carbocycles. The summed E-state index contributed by atoms with van der Waals surface area (Å²) in [5.41, 5.74) is 1.62. The highest BCUT2D eigenvalue weighted by Crippen LogP contribution is 2.41. The van der Waals surface area contributed by atoms with Crippen LogP contribution in [0.1, 0.15) is 51.5 Å². The third-order valence-corrected chi connectivity index (χ3v) is 7.99. The van der Waals surface area contributed by atoms with Gasteiger partial charge >= 0.3 is 6.03 Å². The van der Waals surface area contributed by atoms with Crippen LogP contribution in [0.5, 0.6) is 0 Å². The molecule has 3 fully saturated rings. The number of hydrogen-bond donors (Lipinski definition) is 2. The number of aromatic nitrogens is 3. The maximum Gasteiger partial charge on any atom is 0.344 e. The van der Waals surface area contributed by atoms with Crippen LogP contribution >= 0.6 is 23.1 Å². The van der Waals surface area contributed by atoms with E-state index in [4.69, 9.17) is 0 Å². The number of thioether (sulfide) groups is 1. The molecule has 2 aliphatic carbocycles. The van der Waals surface area contributed by atoms with Gasteiger partial charge in [0.15, 0.2) is 11.0 Å². The second-order valence-electron chi connectivity index (χ2n) is 8.54. The molecule has 0 unspecified atom stereocenters. The summed E-state index contributed by atoms with van der Waals surface area (Å²) in [6.45, 7) is 2.15. The Morgan fingerprint density at radius 2 is 2.06 bits per heavy atom. The minimum atomic E-state index is -0.869. The van der Waals surface area contributed by atoms with Gasteiger partial charge in [-0.2, -0.15) is 5.01 Å². The lowest BCUT2D eigenvalue weighted by atomic mass is 9.77. The van der Waals surface area contributed by atoms with Crippen molar-refractivity contribution < 1.29 is 14.4 Å². The molecule has 4 amide bonds. The fraction of sp³-hybridized carbons (Fsp3) is 0.550. The van der Waals surface area contributed by atoms with Crippen molar-refractivity contribution in [2.45, 2.75) is 62.2 Å². The van der Waals surface area contributed by atoms with E-state index in [1.165, 1.54) is 11.8 Å². The standard InChI is InChI=1S/C20H24N6O3S2/c1-12-6-8-20(9-7-12)17(28)26(18(29)21-20)24-15(27)11-31-19-23-22-16(14-3-2-10-30-14)25(19)13-4-5-13/h2-3,10,12-13H,4-9,11H2,1H3,(H,21,29)(H,24,27). The molecule has 3 aliphatic rings. The molecule has 2 aromatic heterocycles. The zero-order chi connectivity index (χ0) is 21.6.